The van der Waals surface area contributed by atoms with Gasteiger partial charge in [0.05, 0.1) is 13.2 Å². The van der Waals surface area contributed by atoms with Crippen molar-refractivity contribution >= 4 is 0 Å². The second-order valence-electron chi connectivity index (χ2n) is 5.98. The topological polar surface area (TPSA) is 21.7 Å². The molecule has 0 spiro atoms. The van der Waals surface area contributed by atoms with Gasteiger partial charge in [-0.05, 0) is 42.6 Å². The Labute approximate surface area is 138 Å². The average Bonchev–Trinajstić information content (AvgIpc) is 2.62. The first-order chi connectivity index (χ1) is 11.4. The maximum atomic E-state index is 5.82. The summed E-state index contributed by atoms with van der Waals surface area (Å²) in [7, 11) is 0. The van der Waals surface area contributed by atoms with Crippen LogP contribution in [0.3, 0.4) is 0 Å². The zero-order valence-corrected chi connectivity index (χ0v) is 13.6. The summed E-state index contributed by atoms with van der Waals surface area (Å²) in [5, 5.41) is 0. The van der Waals surface area contributed by atoms with Crippen LogP contribution in [0.15, 0.2) is 54.6 Å². The van der Waals surface area contributed by atoms with Gasteiger partial charge in [-0.25, -0.2) is 0 Å². The Morgan fingerprint density at radius 2 is 1.70 bits per heavy atom. The number of hydrogen-bond acceptors (Lipinski definition) is 3. The van der Waals surface area contributed by atoms with Crippen LogP contribution in [0.2, 0.25) is 0 Å². The SMILES string of the molecule is c1ccc(OCc2cccc(CCCN3CCOCC3)c2)cc1. The highest BCUT2D eigenvalue weighted by Gasteiger charge is 2.09. The molecule has 0 amide bonds. The van der Waals surface area contributed by atoms with E-state index in [1.165, 1.54) is 17.5 Å². The minimum absolute atomic E-state index is 0.626. The first-order valence-corrected chi connectivity index (χ1v) is 8.46. The minimum atomic E-state index is 0.626. The van der Waals surface area contributed by atoms with Crippen LogP contribution in [0.25, 0.3) is 0 Å². The highest BCUT2D eigenvalue weighted by atomic mass is 16.5. The third-order valence-corrected chi connectivity index (χ3v) is 4.18. The Balaban J connectivity index is 1.45. The zero-order chi connectivity index (χ0) is 15.7. The zero-order valence-electron chi connectivity index (χ0n) is 13.6. The predicted molar refractivity (Wildman–Crippen MR) is 92.8 cm³/mol. The van der Waals surface area contributed by atoms with Crippen molar-refractivity contribution in [1.82, 2.24) is 4.90 Å². The van der Waals surface area contributed by atoms with Crippen LogP contribution in [-0.2, 0) is 17.8 Å². The molecular formula is C20H25NO2. The van der Waals surface area contributed by atoms with Crippen molar-refractivity contribution < 1.29 is 9.47 Å². The number of benzene rings is 2. The normalized spacial score (nSPS) is 15.5. The third kappa shape index (κ3) is 5.38. The highest BCUT2D eigenvalue weighted by Crippen LogP contribution is 2.13. The minimum Gasteiger partial charge on any atom is -0.489 e. The van der Waals surface area contributed by atoms with Gasteiger partial charge in [0.25, 0.3) is 0 Å². The first kappa shape index (κ1) is 16.0. The fraction of sp³-hybridized carbons (Fsp3) is 0.400. The number of aryl methyl sites for hydroxylation is 1. The van der Waals surface area contributed by atoms with Crippen LogP contribution >= 0.6 is 0 Å². The Hall–Kier alpha value is -1.84. The maximum Gasteiger partial charge on any atom is 0.119 e. The molecule has 1 aliphatic rings. The van der Waals surface area contributed by atoms with E-state index in [1.54, 1.807) is 0 Å². The van der Waals surface area contributed by atoms with Gasteiger partial charge in [-0.1, -0.05) is 42.5 Å². The molecule has 3 nitrogen and oxygen atoms in total. The van der Waals surface area contributed by atoms with Gasteiger partial charge in [-0.15, -0.1) is 0 Å². The van der Waals surface area contributed by atoms with Crippen LogP contribution in [0, 0.1) is 0 Å². The van der Waals surface area contributed by atoms with Crippen LogP contribution < -0.4 is 4.74 Å². The smallest absolute Gasteiger partial charge is 0.119 e. The molecule has 1 saturated heterocycles. The average molecular weight is 311 g/mol. The molecule has 23 heavy (non-hydrogen) atoms. The molecule has 0 aliphatic carbocycles. The van der Waals surface area contributed by atoms with Gasteiger partial charge in [0, 0.05) is 13.1 Å². The lowest BCUT2D eigenvalue weighted by molar-refractivity contribution is 0.0374. The van der Waals surface area contributed by atoms with Gasteiger partial charge in [0.1, 0.15) is 12.4 Å². The number of nitrogens with zero attached hydrogens (tertiary/aromatic N) is 1. The van der Waals surface area contributed by atoms with Crippen molar-refractivity contribution in [2.24, 2.45) is 0 Å². The molecule has 3 rings (SSSR count). The molecular weight excluding hydrogens is 286 g/mol. The second-order valence-corrected chi connectivity index (χ2v) is 5.98. The lowest BCUT2D eigenvalue weighted by Crippen LogP contribution is -2.36. The van der Waals surface area contributed by atoms with Crippen LogP contribution in [-0.4, -0.2) is 37.7 Å². The fourth-order valence-electron chi connectivity index (χ4n) is 2.89. The number of para-hydroxylation sites is 1. The molecule has 0 atom stereocenters. The largest absolute Gasteiger partial charge is 0.489 e. The van der Waals surface area contributed by atoms with Gasteiger partial charge in [0.15, 0.2) is 0 Å². The lowest BCUT2D eigenvalue weighted by atomic mass is 10.1. The molecule has 2 aromatic rings. The molecule has 0 radical (unpaired) electrons. The molecule has 0 unspecified atom stereocenters. The van der Waals surface area contributed by atoms with E-state index in [4.69, 9.17) is 9.47 Å². The van der Waals surface area contributed by atoms with E-state index in [1.807, 2.05) is 30.3 Å². The van der Waals surface area contributed by atoms with Gasteiger partial charge in [-0.2, -0.15) is 0 Å². The summed E-state index contributed by atoms with van der Waals surface area (Å²) in [6.07, 6.45) is 2.32. The van der Waals surface area contributed by atoms with Gasteiger partial charge < -0.3 is 9.47 Å². The summed E-state index contributed by atoms with van der Waals surface area (Å²) in [4.78, 5) is 2.49. The van der Waals surface area contributed by atoms with Gasteiger partial charge >= 0.3 is 0 Å². The molecule has 0 aromatic heterocycles. The summed E-state index contributed by atoms with van der Waals surface area (Å²) in [5.41, 5.74) is 2.63. The Bertz CT molecular complexity index is 579. The van der Waals surface area contributed by atoms with E-state index in [9.17, 15) is 0 Å². The van der Waals surface area contributed by atoms with Crippen molar-refractivity contribution in [3.8, 4) is 5.75 Å². The summed E-state index contributed by atoms with van der Waals surface area (Å²) >= 11 is 0. The maximum absolute atomic E-state index is 5.82. The number of hydrogen-bond donors (Lipinski definition) is 0. The van der Waals surface area contributed by atoms with Crippen LogP contribution in [0.1, 0.15) is 17.5 Å². The number of ether oxygens (including phenoxy) is 2. The van der Waals surface area contributed by atoms with Crippen LogP contribution in [0.4, 0.5) is 0 Å². The molecule has 1 aliphatic heterocycles. The first-order valence-electron chi connectivity index (χ1n) is 8.46. The van der Waals surface area contributed by atoms with E-state index in [0.717, 1.165) is 45.0 Å². The summed E-state index contributed by atoms with van der Waals surface area (Å²) in [6.45, 7) is 5.70. The van der Waals surface area contributed by atoms with E-state index < -0.39 is 0 Å². The molecule has 2 aromatic carbocycles. The van der Waals surface area contributed by atoms with E-state index in [2.05, 4.69) is 29.2 Å². The second kappa shape index (κ2) is 8.70. The Morgan fingerprint density at radius 3 is 2.52 bits per heavy atom. The van der Waals surface area contributed by atoms with Crippen molar-refractivity contribution in [1.29, 1.82) is 0 Å². The highest BCUT2D eigenvalue weighted by molar-refractivity contribution is 5.25. The van der Waals surface area contributed by atoms with E-state index >= 15 is 0 Å². The molecule has 1 fully saturated rings. The van der Waals surface area contributed by atoms with Crippen molar-refractivity contribution in [2.45, 2.75) is 19.4 Å². The Morgan fingerprint density at radius 1 is 0.913 bits per heavy atom. The summed E-state index contributed by atoms with van der Waals surface area (Å²) in [5.74, 6) is 0.922. The fourth-order valence-corrected chi connectivity index (χ4v) is 2.89. The number of morpholine rings is 1. The molecule has 0 N–H and O–H groups in total. The molecule has 0 bridgehead atoms. The Kier molecular flexibility index (Phi) is 6.07. The van der Waals surface area contributed by atoms with Crippen molar-refractivity contribution in [2.75, 3.05) is 32.8 Å². The molecule has 122 valence electrons. The lowest BCUT2D eigenvalue weighted by Gasteiger charge is -2.26. The van der Waals surface area contributed by atoms with Crippen molar-refractivity contribution in [3.63, 3.8) is 0 Å². The third-order valence-electron chi connectivity index (χ3n) is 4.18. The monoisotopic (exact) mass is 311 g/mol. The van der Waals surface area contributed by atoms with Gasteiger partial charge in [0.2, 0.25) is 0 Å². The standard InChI is InChI=1S/C20H25NO2/c1-2-9-20(10-3-1)23-17-19-7-4-6-18(16-19)8-5-11-21-12-14-22-15-13-21/h1-4,6-7,9-10,16H,5,8,11-15,17H2. The number of rotatable bonds is 7. The summed E-state index contributed by atoms with van der Waals surface area (Å²) < 4.78 is 11.2. The van der Waals surface area contributed by atoms with E-state index in [0.29, 0.717) is 6.61 Å². The van der Waals surface area contributed by atoms with E-state index in [-0.39, 0.29) is 0 Å². The quantitative estimate of drug-likeness (QED) is 0.781. The summed E-state index contributed by atoms with van der Waals surface area (Å²) in [6, 6.07) is 18.7. The molecule has 3 heteroatoms. The molecule has 0 saturated carbocycles. The van der Waals surface area contributed by atoms with Crippen LogP contribution in [0.5, 0.6) is 5.75 Å². The predicted octanol–water partition coefficient (Wildman–Crippen LogP) is 3.53. The van der Waals surface area contributed by atoms with Gasteiger partial charge in [-0.3, -0.25) is 4.90 Å². The molecule has 1 heterocycles. The van der Waals surface area contributed by atoms with Crippen molar-refractivity contribution in [3.05, 3.63) is 65.7 Å².